The molecule has 224 valence electrons. The molecule has 0 fully saturated rings. The van der Waals surface area contributed by atoms with Gasteiger partial charge in [0.2, 0.25) is 0 Å². The Balaban J connectivity index is 0.00000287. The fourth-order valence-electron chi connectivity index (χ4n) is 4.26. The smallest absolute Gasteiger partial charge is 0.410 e. The second kappa shape index (κ2) is 15.6. The van der Waals surface area contributed by atoms with E-state index in [-0.39, 0.29) is 54.0 Å². The van der Waals surface area contributed by atoms with Gasteiger partial charge in [0.15, 0.2) is 17.9 Å². The maximum Gasteiger partial charge on any atom is 0.410 e. The summed E-state index contributed by atoms with van der Waals surface area (Å²) in [4.78, 5) is 43.5. The minimum Gasteiger partial charge on any atom is -0.453 e. The van der Waals surface area contributed by atoms with Crippen LogP contribution in [0.5, 0.6) is 0 Å². The van der Waals surface area contributed by atoms with Gasteiger partial charge in [0.05, 0.1) is 43.6 Å². The molecular formula is C29H36ClF2N3O6. The lowest BCUT2D eigenvalue weighted by Gasteiger charge is -2.24. The van der Waals surface area contributed by atoms with E-state index in [1.54, 1.807) is 23.6 Å². The summed E-state index contributed by atoms with van der Waals surface area (Å²) in [6, 6.07) is 3.95. The van der Waals surface area contributed by atoms with Crippen molar-refractivity contribution < 1.29 is 37.4 Å². The van der Waals surface area contributed by atoms with Gasteiger partial charge in [-0.1, -0.05) is 32.4 Å². The van der Waals surface area contributed by atoms with Gasteiger partial charge in [0.1, 0.15) is 17.3 Å². The van der Waals surface area contributed by atoms with E-state index in [1.807, 2.05) is 13.8 Å². The van der Waals surface area contributed by atoms with Gasteiger partial charge in [-0.15, -0.1) is 0 Å². The Morgan fingerprint density at radius 2 is 1.78 bits per heavy atom. The third-order valence-corrected chi connectivity index (χ3v) is 6.45. The molecule has 2 heterocycles. The number of imidazole rings is 1. The van der Waals surface area contributed by atoms with Crippen molar-refractivity contribution in [1.82, 2.24) is 14.3 Å². The molecule has 0 N–H and O–H groups in total. The van der Waals surface area contributed by atoms with E-state index in [9.17, 15) is 14.4 Å². The van der Waals surface area contributed by atoms with Crippen LogP contribution in [0.3, 0.4) is 0 Å². The van der Waals surface area contributed by atoms with Crippen LogP contribution >= 0.6 is 11.6 Å². The highest BCUT2D eigenvalue weighted by molar-refractivity contribution is 6.30. The van der Waals surface area contributed by atoms with E-state index in [4.69, 9.17) is 25.8 Å². The zero-order valence-electron chi connectivity index (χ0n) is 24.3. The molecule has 3 rings (SSSR count). The Hall–Kier alpha value is -3.41. The SMILES string of the molecule is CC.CCCC(=O)c1cc(F)c(-c2nc3cc(Cl)ccn3c2CC(=O)CN(CC(OC)OC)C(=O)OC)c(C)c1F. The molecule has 1 aromatic carbocycles. The number of hydrogen-bond acceptors (Lipinski definition) is 7. The minimum absolute atomic E-state index is 0.0188. The molecule has 9 nitrogen and oxygen atoms in total. The molecule has 2 aromatic heterocycles. The van der Waals surface area contributed by atoms with Gasteiger partial charge in [-0.25, -0.2) is 18.6 Å². The highest BCUT2D eigenvalue weighted by Crippen LogP contribution is 2.34. The van der Waals surface area contributed by atoms with E-state index >= 15 is 8.78 Å². The van der Waals surface area contributed by atoms with Crippen LogP contribution in [0.2, 0.25) is 5.02 Å². The molecule has 0 saturated heterocycles. The number of rotatable bonds is 12. The lowest BCUT2D eigenvalue weighted by Crippen LogP contribution is -2.42. The first-order chi connectivity index (χ1) is 19.6. The van der Waals surface area contributed by atoms with Crippen molar-refractivity contribution in [2.45, 2.75) is 53.2 Å². The zero-order chi connectivity index (χ0) is 30.9. The Morgan fingerprint density at radius 3 is 2.37 bits per heavy atom. The summed E-state index contributed by atoms with van der Waals surface area (Å²) in [5.74, 6) is -2.65. The largest absolute Gasteiger partial charge is 0.453 e. The lowest BCUT2D eigenvalue weighted by atomic mass is 9.95. The average molecular weight is 596 g/mol. The van der Waals surface area contributed by atoms with Crippen molar-refractivity contribution in [3.05, 3.63) is 57.9 Å². The van der Waals surface area contributed by atoms with Crippen molar-refractivity contribution >= 4 is 34.9 Å². The van der Waals surface area contributed by atoms with E-state index < -0.39 is 35.6 Å². The van der Waals surface area contributed by atoms with Crippen molar-refractivity contribution in [1.29, 1.82) is 0 Å². The van der Waals surface area contributed by atoms with E-state index in [1.165, 1.54) is 34.3 Å². The molecule has 0 spiro atoms. The number of aromatic nitrogens is 2. The number of carbonyl (C=O) groups excluding carboxylic acids is 3. The molecule has 0 aliphatic heterocycles. The topological polar surface area (TPSA) is 99.4 Å². The number of ketones is 2. The number of fused-ring (bicyclic) bond motifs is 1. The van der Waals surface area contributed by atoms with E-state index in [0.717, 1.165) is 11.0 Å². The van der Waals surface area contributed by atoms with Crippen LogP contribution in [0.1, 0.15) is 55.2 Å². The Bertz CT molecular complexity index is 1390. The highest BCUT2D eigenvalue weighted by Gasteiger charge is 2.28. The van der Waals surface area contributed by atoms with Gasteiger partial charge in [-0.2, -0.15) is 0 Å². The molecule has 0 saturated carbocycles. The lowest BCUT2D eigenvalue weighted by molar-refractivity contribution is -0.125. The number of amides is 1. The third-order valence-electron chi connectivity index (χ3n) is 6.21. The minimum atomic E-state index is -0.851. The highest BCUT2D eigenvalue weighted by atomic mass is 35.5. The molecule has 0 unspecified atom stereocenters. The number of methoxy groups -OCH3 is 3. The number of halogens is 3. The first-order valence-corrected chi connectivity index (χ1v) is 13.5. The summed E-state index contributed by atoms with van der Waals surface area (Å²) >= 11 is 6.13. The summed E-state index contributed by atoms with van der Waals surface area (Å²) in [6.07, 6.45) is 0.239. The standard InChI is InChI=1S/C27H30ClF2N3O6.C2H6/c1-6-7-21(35)18-12-19(29)24(15(2)25(18)30)26-20(33-9-8-16(28)10-22(33)31-26)11-17(34)13-32(27(36)39-5)14-23(37-3)38-4;1-2/h8-10,12,23H,6-7,11,13-14H2,1-5H3;1-2H3. The summed E-state index contributed by atoms with van der Waals surface area (Å²) in [5, 5.41) is 0.350. The summed E-state index contributed by atoms with van der Waals surface area (Å²) in [6.45, 7) is 6.65. The molecule has 3 aromatic rings. The number of hydrogen-bond donors (Lipinski definition) is 0. The summed E-state index contributed by atoms with van der Waals surface area (Å²) in [5.41, 5.74) is -0.0524. The van der Waals surface area contributed by atoms with Crippen LogP contribution < -0.4 is 0 Å². The number of benzene rings is 1. The number of ether oxygens (including phenoxy) is 3. The predicted octanol–water partition coefficient (Wildman–Crippen LogP) is 6.05. The number of pyridine rings is 1. The van der Waals surface area contributed by atoms with E-state index in [0.29, 0.717) is 17.1 Å². The fourth-order valence-corrected chi connectivity index (χ4v) is 4.42. The van der Waals surface area contributed by atoms with Crippen LogP contribution in [0.4, 0.5) is 13.6 Å². The maximum atomic E-state index is 15.5. The van der Waals surface area contributed by atoms with E-state index in [2.05, 4.69) is 4.98 Å². The first-order valence-electron chi connectivity index (χ1n) is 13.1. The Kier molecular flexibility index (Phi) is 12.8. The molecule has 0 aliphatic carbocycles. The summed E-state index contributed by atoms with van der Waals surface area (Å²) < 4.78 is 47.4. The molecule has 41 heavy (non-hydrogen) atoms. The first kappa shape index (κ1) is 33.8. The average Bonchev–Trinajstić information content (AvgIpc) is 3.29. The normalized spacial score (nSPS) is 10.9. The van der Waals surface area contributed by atoms with Gasteiger partial charge in [-0.3, -0.25) is 14.5 Å². The van der Waals surface area contributed by atoms with Crippen molar-refractivity contribution in [3.63, 3.8) is 0 Å². The molecule has 1 amide bonds. The fraction of sp³-hybridized carbons (Fsp3) is 0.448. The molecule has 0 radical (unpaired) electrons. The second-order valence-corrected chi connectivity index (χ2v) is 9.28. The van der Waals surface area contributed by atoms with Crippen LogP contribution in [0, 0.1) is 18.6 Å². The maximum absolute atomic E-state index is 15.5. The van der Waals surface area contributed by atoms with Gasteiger partial charge in [0, 0.05) is 43.5 Å². The monoisotopic (exact) mass is 595 g/mol. The third kappa shape index (κ3) is 7.87. The molecule has 0 atom stereocenters. The van der Waals surface area contributed by atoms with Crippen LogP contribution in [-0.2, 0) is 25.4 Å². The van der Waals surface area contributed by atoms with Crippen LogP contribution in [0.15, 0.2) is 24.4 Å². The molecule has 0 bridgehead atoms. The predicted molar refractivity (Wildman–Crippen MR) is 151 cm³/mol. The van der Waals surface area contributed by atoms with Gasteiger partial charge in [0.25, 0.3) is 0 Å². The van der Waals surface area contributed by atoms with Crippen LogP contribution in [0.25, 0.3) is 16.9 Å². The number of nitrogens with zero attached hydrogens (tertiary/aromatic N) is 3. The zero-order valence-corrected chi connectivity index (χ0v) is 25.1. The molecule has 0 aliphatic rings. The van der Waals surface area contributed by atoms with Crippen LogP contribution in [-0.4, -0.2) is 72.7 Å². The second-order valence-electron chi connectivity index (χ2n) is 8.84. The van der Waals surface area contributed by atoms with Gasteiger partial charge < -0.3 is 18.6 Å². The van der Waals surface area contributed by atoms with Gasteiger partial charge in [-0.05, 0) is 31.0 Å². The van der Waals surface area contributed by atoms with Crippen molar-refractivity contribution in [3.8, 4) is 11.3 Å². The van der Waals surface area contributed by atoms with Gasteiger partial charge >= 0.3 is 6.09 Å². The van der Waals surface area contributed by atoms with Crippen molar-refractivity contribution in [2.24, 2.45) is 0 Å². The number of carbonyl (C=O) groups is 3. The summed E-state index contributed by atoms with van der Waals surface area (Å²) in [7, 11) is 3.95. The molecule has 12 heteroatoms. The molecular weight excluding hydrogens is 560 g/mol. The van der Waals surface area contributed by atoms with Crippen molar-refractivity contribution in [2.75, 3.05) is 34.4 Å². The quantitative estimate of drug-likeness (QED) is 0.186. The Labute approximate surface area is 243 Å². The number of Topliss-reactive ketones (excluding diaryl/α,β-unsaturated/α-hetero) is 2. The Morgan fingerprint density at radius 1 is 1.12 bits per heavy atom.